The normalized spacial score (nSPS) is 21.2. The van der Waals surface area contributed by atoms with Gasteiger partial charge >= 0.3 is 6.18 Å². The molecule has 2 aliphatic heterocycles. The molecule has 2 aliphatic rings. The van der Waals surface area contributed by atoms with Crippen LogP contribution in [-0.4, -0.2) is 61.0 Å². The lowest BCUT2D eigenvalue weighted by atomic mass is 9.95. The maximum absolute atomic E-state index is 13.1. The number of nitrogens with zero attached hydrogens (tertiary/aromatic N) is 2. The quantitative estimate of drug-likeness (QED) is 0.804. The van der Waals surface area contributed by atoms with Crippen molar-refractivity contribution in [3.05, 3.63) is 35.4 Å². The molecule has 2 heterocycles. The molecule has 0 aromatic heterocycles. The number of halogens is 3. The van der Waals surface area contributed by atoms with E-state index < -0.39 is 11.7 Å². The van der Waals surface area contributed by atoms with Crippen molar-refractivity contribution in [1.29, 1.82) is 0 Å². The zero-order chi connectivity index (χ0) is 19.4. The third-order valence-corrected chi connectivity index (χ3v) is 5.11. The number of benzene rings is 1. The van der Waals surface area contributed by atoms with E-state index in [2.05, 4.69) is 0 Å². The second kappa shape index (κ2) is 8.29. The summed E-state index contributed by atoms with van der Waals surface area (Å²) in [4.78, 5) is 28.5. The van der Waals surface area contributed by atoms with Crippen LogP contribution in [0.2, 0.25) is 0 Å². The molecule has 2 saturated heterocycles. The van der Waals surface area contributed by atoms with E-state index in [0.717, 1.165) is 6.07 Å². The van der Waals surface area contributed by atoms with Gasteiger partial charge in [-0.05, 0) is 24.5 Å². The topological polar surface area (TPSA) is 49.9 Å². The summed E-state index contributed by atoms with van der Waals surface area (Å²) < 4.78 is 44.6. The van der Waals surface area contributed by atoms with Gasteiger partial charge in [-0.3, -0.25) is 9.59 Å². The van der Waals surface area contributed by atoms with E-state index in [9.17, 15) is 22.8 Å². The Hall–Kier alpha value is -2.09. The van der Waals surface area contributed by atoms with E-state index in [-0.39, 0.29) is 36.3 Å². The maximum atomic E-state index is 13.1. The van der Waals surface area contributed by atoms with Crippen LogP contribution in [-0.2, 0) is 26.9 Å². The molecule has 0 spiro atoms. The van der Waals surface area contributed by atoms with E-state index in [1.807, 2.05) is 0 Å². The molecule has 27 heavy (non-hydrogen) atoms. The summed E-state index contributed by atoms with van der Waals surface area (Å²) >= 11 is 0. The Balaban J connectivity index is 1.64. The number of hydrogen-bond acceptors (Lipinski definition) is 3. The minimum Gasteiger partial charge on any atom is -0.378 e. The van der Waals surface area contributed by atoms with E-state index in [1.165, 1.54) is 23.1 Å². The van der Waals surface area contributed by atoms with Crippen LogP contribution in [0.1, 0.15) is 24.0 Å². The summed E-state index contributed by atoms with van der Waals surface area (Å²) in [6.45, 7) is 2.85. The average Bonchev–Trinajstić information content (AvgIpc) is 2.68. The first kappa shape index (κ1) is 19.7. The average molecular weight is 384 g/mol. The van der Waals surface area contributed by atoms with Crippen LogP contribution in [0.5, 0.6) is 0 Å². The van der Waals surface area contributed by atoms with E-state index in [1.54, 1.807) is 4.90 Å². The molecule has 2 fully saturated rings. The minimum atomic E-state index is -4.49. The van der Waals surface area contributed by atoms with Crippen LogP contribution in [0.15, 0.2) is 24.3 Å². The van der Waals surface area contributed by atoms with E-state index in [4.69, 9.17) is 4.74 Å². The van der Waals surface area contributed by atoms with Gasteiger partial charge in [0.05, 0.1) is 31.1 Å². The molecular weight excluding hydrogens is 361 g/mol. The van der Waals surface area contributed by atoms with Gasteiger partial charge in [0.25, 0.3) is 0 Å². The van der Waals surface area contributed by atoms with Gasteiger partial charge in [0.15, 0.2) is 0 Å². The smallest absolute Gasteiger partial charge is 0.378 e. The molecule has 1 aromatic carbocycles. The number of carbonyl (C=O) groups is 2. The van der Waals surface area contributed by atoms with Crippen molar-refractivity contribution in [2.75, 3.05) is 39.4 Å². The van der Waals surface area contributed by atoms with Gasteiger partial charge in [0, 0.05) is 26.2 Å². The van der Waals surface area contributed by atoms with Crippen molar-refractivity contribution < 1.29 is 27.5 Å². The molecule has 5 nitrogen and oxygen atoms in total. The van der Waals surface area contributed by atoms with Gasteiger partial charge in [0.1, 0.15) is 0 Å². The van der Waals surface area contributed by atoms with Crippen molar-refractivity contribution in [2.45, 2.75) is 25.4 Å². The number of ether oxygens (including phenoxy) is 1. The second-order valence-corrected chi connectivity index (χ2v) is 6.95. The molecule has 1 unspecified atom stereocenters. The highest BCUT2D eigenvalue weighted by molar-refractivity contribution is 5.82. The molecule has 0 aliphatic carbocycles. The highest BCUT2D eigenvalue weighted by atomic mass is 19.4. The first-order valence-corrected chi connectivity index (χ1v) is 9.15. The van der Waals surface area contributed by atoms with Crippen molar-refractivity contribution >= 4 is 11.8 Å². The van der Waals surface area contributed by atoms with Gasteiger partial charge in [0.2, 0.25) is 11.8 Å². The predicted molar refractivity (Wildman–Crippen MR) is 91.9 cm³/mol. The zero-order valence-corrected chi connectivity index (χ0v) is 15.0. The molecule has 8 heteroatoms. The van der Waals surface area contributed by atoms with Crippen molar-refractivity contribution in [3.8, 4) is 0 Å². The monoisotopic (exact) mass is 384 g/mol. The molecular formula is C19H23F3N2O3. The Labute approximate surface area is 156 Å². The summed E-state index contributed by atoms with van der Waals surface area (Å²) in [7, 11) is 0. The third kappa shape index (κ3) is 4.80. The number of amides is 2. The molecule has 1 atom stereocenters. The largest absolute Gasteiger partial charge is 0.416 e. The summed E-state index contributed by atoms with van der Waals surface area (Å²) in [5, 5.41) is 0. The lowest BCUT2D eigenvalue weighted by molar-refractivity contribution is -0.143. The summed E-state index contributed by atoms with van der Waals surface area (Å²) in [5.74, 6) is -0.656. The summed E-state index contributed by atoms with van der Waals surface area (Å²) in [5.41, 5.74) is -0.812. The number of alkyl halides is 3. The van der Waals surface area contributed by atoms with Gasteiger partial charge < -0.3 is 14.5 Å². The highest BCUT2D eigenvalue weighted by Gasteiger charge is 2.35. The second-order valence-electron chi connectivity index (χ2n) is 6.95. The Kier molecular flexibility index (Phi) is 6.04. The standard InChI is InChI=1S/C19H23F3N2O3/c20-19(21,22)16-6-2-1-4-14(16)12-17(25)24-7-3-5-15(13-24)18(26)23-8-10-27-11-9-23/h1-2,4,6,15H,3,5,7-13H2. The maximum Gasteiger partial charge on any atom is 0.416 e. The molecule has 0 N–H and O–H groups in total. The summed E-state index contributed by atoms with van der Waals surface area (Å²) in [6, 6.07) is 5.14. The van der Waals surface area contributed by atoms with Crippen LogP contribution in [0.4, 0.5) is 13.2 Å². The molecule has 0 bridgehead atoms. The Morgan fingerprint density at radius 1 is 1.07 bits per heavy atom. The Bertz CT molecular complexity index is 687. The molecule has 1 aromatic rings. The fourth-order valence-corrected chi connectivity index (χ4v) is 3.67. The number of likely N-dealkylation sites (tertiary alicyclic amines) is 1. The van der Waals surface area contributed by atoms with Gasteiger partial charge in [-0.25, -0.2) is 0 Å². The molecule has 3 rings (SSSR count). The first-order chi connectivity index (χ1) is 12.9. The lowest BCUT2D eigenvalue weighted by Crippen LogP contribution is -2.49. The summed E-state index contributed by atoms with van der Waals surface area (Å²) in [6.07, 6.45) is -3.44. The fraction of sp³-hybridized carbons (Fsp3) is 0.579. The van der Waals surface area contributed by atoms with Gasteiger partial charge in [-0.1, -0.05) is 18.2 Å². The van der Waals surface area contributed by atoms with Crippen molar-refractivity contribution in [2.24, 2.45) is 5.92 Å². The van der Waals surface area contributed by atoms with E-state index >= 15 is 0 Å². The number of piperidine rings is 1. The number of rotatable bonds is 3. The van der Waals surface area contributed by atoms with Crippen LogP contribution in [0, 0.1) is 5.92 Å². The van der Waals surface area contributed by atoms with Gasteiger partial charge in [-0.15, -0.1) is 0 Å². The van der Waals surface area contributed by atoms with Crippen molar-refractivity contribution in [3.63, 3.8) is 0 Å². The van der Waals surface area contributed by atoms with E-state index in [0.29, 0.717) is 45.7 Å². The highest BCUT2D eigenvalue weighted by Crippen LogP contribution is 2.32. The van der Waals surface area contributed by atoms with Crippen LogP contribution >= 0.6 is 0 Å². The van der Waals surface area contributed by atoms with Crippen molar-refractivity contribution in [1.82, 2.24) is 9.80 Å². The number of morpholine rings is 1. The van der Waals surface area contributed by atoms with Crippen LogP contribution < -0.4 is 0 Å². The zero-order valence-electron chi connectivity index (χ0n) is 15.0. The lowest BCUT2D eigenvalue weighted by Gasteiger charge is -2.36. The number of hydrogen-bond donors (Lipinski definition) is 0. The Morgan fingerprint density at radius 3 is 2.48 bits per heavy atom. The predicted octanol–water partition coefficient (Wildman–Crippen LogP) is 2.35. The first-order valence-electron chi connectivity index (χ1n) is 9.15. The SMILES string of the molecule is O=C(Cc1ccccc1C(F)(F)F)N1CCCC(C(=O)N2CCOCC2)C1. The van der Waals surface area contributed by atoms with Crippen LogP contribution in [0.25, 0.3) is 0 Å². The molecule has 2 amide bonds. The fourth-order valence-electron chi connectivity index (χ4n) is 3.67. The van der Waals surface area contributed by atoms with Crippen LogP contribution in [0.3, 0.4) is 0 Å². The third-order valence-electron chi connectivity index (χ3n) is 5.11. The molecule has 148 valence electrons. The Morgan fingerprint density at radius 2 is 1.78 bits per heavy atom. The minimum absolute atomic E-state index is 0.00601. The van der Waals surface area contributed by atoms with Gasteiger partial charge in [-0.2, -0.15) is 13.2 Å². The number of carbonyl (C=O) groups excluding carboxylic acids is 2. The molecule has 0 saturated carbocycles. The molecule has 0 radical (unpaired) electrons.